The summed E-state index contributed by atoms with van der Waals surface area (Å²) in [5.41, 5.74) is 11.0. The summed E-state index contributed by atoms with van der Waals surface area (Å²) in [6, 6.07) is 0. The van der Waals surface area contributed by atoms with E-state index >= 15 is 0 Å². The molecule has 57 nitrogen and oxygen atoms in total. The van der Waals surface area contributed by atoms with E-state index in [2.05, 4.69) is 44.9 Å². The zero-order chi connectivity index (χ0) is 103. The molecule has 0 aromatic carbocycles. The molecule has 15 heterocycles. The molecule has 0 radical (unpaired) electrons. The molecule has 0 spiro atoms. The highest BCUT2D eigenvalue weighted by molar-refractivity contribution is 8.09. The summed E-state index contributed by atoms with van der Waals surface area (Å²) in [5, 5.41) is 0. The summed E-state index contributed by atoms with van der Waals surface area (Å²) in [4.78, 5) is 242. The lowest BCUT2D eigenvalue weighted by Gasteiger charge is -2.29. The number of imidazole rings is 1. The topological polar surface area (TPSA) is 746 Å². The Balaban J connectivity index is 0.635. The highest BCUT2D eigenvalue weighted by atomic mass is 32.5. The smallest absolute Gasteiger partial charge is 0.351 e. The summed E-state index contributed by atoms with van der Waals surface area (Å²) in [6.45, 7) is -25.9. The van der Waals surface area contributed by atoms with Gasteiger partial charge in [0.2, 0.25) is 0 Å². The molecule has 17 N–H and O–H groups in total. The Labute approximate surface area is 834 Å². The average molecular weight is 2260 g/mol. The predicted molar refractivity (Wildman–Crippen MR) is 517 cm³/mol. The highest BCUT2D eigenvalue weighted by Gasteiger charge is 2.52. The fourth-order valence-electron chi connectivity index (χ4n) is 16.2. The first kappa shape index (κ1) is 110. The van der Waals surface area contributed by atoms with Gasteiger partial charge in [0.15, 0.2) is 11.5 Å². The van der Waals surface area contributed by atoms with Crippen LogP contribution in [0.3, 0.4) is 0 Å². The Kier molecular flexibility index (Phi) is 34.2. The second-order valence-corrected chi connectivity index (χ2v) is 53.1. The van der Waals surface area contributed by atoms with E-state index in [0.717, 1.165) is 48.7 Å². The van der Waals surface area contributed by atoms with Crippen LogP contribution < -0.4 is 73.6 Å². The number of aryl methyl sites for hydroxylation is 6. The summed E-state index contributed by atoms with van der Waals surface area (Å²) >= 11 is 38.7. The third-order valence-corrected chi connectivity index (χ3v) is 34.7. The van der Waals surface area contributed by atoms with Crippen molar-refractivity contribution in [1.29, 1.82) is 0 Å². The molecule has 0 saturated carbocycles. The predicted octanol–water partition coefficient (Wildman–Crippen LogP) is 0.130. The Hall–Kier alpha value is -6.14. The number of H-pyrrole nitrogens is 4. The maximum Gasteiger partial charge on any atom is 0.351 e. The van der Waals surface area contributed by atoms with Gasteiger partial charge in [-0.25, -0.2) is 43.7 Å². The molecule has 15 rings (SSSR count). The van der Waals surface area contributed by atoms with Crippen LogP contribution in [-0.4, -0.2) is 243 Å². The van der Waals surface area contributed by atoms with E-state index in [1.165, 1.54) is 67.9 Å². The molecular weight excluding hydrogens is 2170 g/mol. The molecule has 7 fully saturated rings. The first-order chi connectivity index (χ1) is 66.5. The maximum absolute atomic E-state index is 13.6. The van der Waals surface area contributed by atoms with Gasteiger partial charge in [-0.05, 0) is 131 Å². The molecule has 142 heavy (non-hydrogen) atoms. The van der Waals surface area contributed by atoms with Crippen LogP contribution >= 0.6 is 47.0 Å². The number of nitrogens with one attached hydrogen (secondary N) is 4. The lowest BCUT2D eigenvalue weighted by atomic mass is 10.2. The number of hydrogen-bond acceptors (Lipinski definition) is 46. The standard InChI is InChI=1S/C71H96N19O38P7S7/c1-30-16-84(66(95)78-58(30)72)50-9-37(36(7)115-50)122-130(102,137)109-23-45-39(11-52(117-45)86-18-32(3)62(91)80-68(86)97)124-132(104,139)111-24-46-41(13-54(118-46)88-20-34(5)64(93)82-70(88)99)126-133(105,140)112-25-47-42(14-55(119-47)89-21-35(6)65(94)83-71(89)100)127-134(106,141)114-27-49-43(15-56(121-49)90-29-77-57-60(74)75-28-76-61(57)90)128-135(107,142)113-26-48-40(12-53(120-48)87-19-33(4)63(92)81-69(87)98)125-131(103,138)110-22-44-38(123-129(101,136)108-8)10-51(116-44)85-17-31(2)59(73)79-67(85)96/h16-21,28-29,36-56H,9-15,22-27H2,1-8H3,(H,101,136)(H,102,137)(H,103,138)(H,104,139)(H,105,140)(H,106,141)(H,107,142)(H2,72,78,95)(H2,73,79,96)(H2,74,75,76)(H,80,91,97)(H,81,92,98)(H,82,93,99)(H,83,94,100)/t36-,37-,38-,39-,40-,41-,42-,43-,44-,45-,46-,47-,48-,49-,50-,51-,52-,53-,54-,55-,56-,129?,130?,131?,132?,133?,134?,135?/m1/s1. The zero-order valence-electron chi connectivity index (χ0n) is 75.3. The first-order valence-corrected chi connectivity index (χ1v) is 60.7. The normalized spacial score (nSPS) is 29.9. The van der Waals surface area contributed by atoms with Gasteiger partial charge in [-0.3, -0.25) is 71.1 Å². The van der Waals surface area contributed by atoms with Crippen molar-refractivity contribution in [1.82, 2.24) is 76.8 Å². The van der Waals surface area contributed by atoms with E-state index in [9.17, 15) is 82.2 Å². The molecule has 8 aromatic heterocycles. The Bertz CT molecular complexity index is 7160. The third-order valence-electron chi connectivity index (χ3n) is 23.4. The van der Waals surface area contributed by atoms with Crippen LogP contribution in [0.1, 0.15) is 129 Å². The summed E-state index contributed by atoms with van der Waals surface area (Å²) in [7, 11) is 1.11. The van der Waals surface area contributed by atoms with E-state index in [-0.39, 0.29) is 83.0 Å². The van der Waals surface area contributed by atoms with Crippen LogP contribution in [0.4, 0.5) is 17.5 Å². The van der Waals surface area contributed by atoms with Gasteiger partial charge < -0.3 is 148 Å². The van der Waals surface area contributed by atoms with Crippen molar-refractivity contribution in [2.24, 2.45) is 0 Å². The number of nitrogens with zero attached hydrogens (tertiary/aromatic N) is 12. The maximum atomic E-state index is 13.6. The third kappa shape index (κ3) is 26.5. The second-order valence-electron chi connectivity index (χ2n) is 33.5. The Morgan fingerprint density at radius 2 is 0.577 bits per heavy atom. The minimum Gasteiger partial charge on any atom is -0.383 e. The van der Waals surface area contributed by atoms with Crippen molar-refractivity contribution in [3.8, 4) is 0 Å². The minimum absolute atomic E-state index is 0.0108. The summed E-state index contributed by atoms with van der Waals surface area (Å²) in [5.74, 6) is -0.0640. The fraction of sp³-hybridized carbons (Fsp3) is 0.592. The van der Waals surface area contributed by atoms with Crippen LogP contribution in [0, 0.1) is 41.5 Å². The highest BCUT2D eigenvalue weighted by Crippen LogP contribution is 2.59. The molecule has 0 aliphatic carbocycles. The number of aromatic nitrogens is 16. The number of hydrogen-bond donors (Lipinski definition) is 14. The number of aromatic amines is 4. The van der Waals surface area contributed by atoms with Crippen molar-refractivity contribution in [2.75, 3.05) is 64.0 Å². The van der Waals surface area contributed by atoms with Crippen molar-refractivity contribution >= 4 is 158 Å². The number of anilines is 3. The van der Waals surface area contributed by atoms with Gasteiger partial charge >= 0.3 is 81.2 Å². The Morgan fingerprint density at radius 1 is 0.338 bits per heavy atom. The fourth-order valence-corrected chi connectivity index (χ4v) is 26.0. The van der Waals surface area contributed by atoms with Crippen molar-refractivity contribution in [2.45, 2.75) is 222 Å². The number of fused-ring (bicyclic) bond motifs is 1. The number of nitrogens with two attached hydrogens (primary N) is 3. The largest absolute Gasteiger partial charge is 0.383 e. The van der Waals surface area contributed by atoms with Gasteiger partial charge in [0, 0.05) is 123 Å². The zero-order valence-corrected chi connectivity index (χ0v) is 87.3. The molecule has 0 amide bonds. The second kappa shape index (κ2) is 44.2. The molecule has 0 bridgehead atoms. The molecular formula is C71H96N19O38P7S7. The van der Waals surface area contributed by atoms with Crippen LogP contribution in [0.2, 0.25) is 0 Å². The van der Waals surface area contributed by atoms with Gasteiger partial charge in [0.05, 0.1) is 94.8 Å². The lowest BCUT2D eigenvalue weighted by molar-refractivity contribution is -0.0577. The van der Waals surface area contributed by atoms with Crippen molar-refractivity contribution in [3.05, 3.63) is 188 Å². The molecule has 7 unspecified atom stereocenters. The van der Waals surface area contributed by atoms with E-state index in [1.54, 1.807) is 20.8 Å². The van der Waals surface area contributed by atoms with Crippen LogP contribution in [0.5, 0.6) is 0 Å². The van der Waals surface area contributed by atoms with Gasteiger partial charge in [-0.15, -0.1) is 0 Å². The van der Waals surface area contributed by atoms with Crippen LogP contribution in [0.25, 0.3) is 11.2 Å². The monoisotopic (exact) mass is 2260 g/mol. The van der Waals surface area contributed by atoms with Crippen LogP contribution in [-0.2, 0) is 179 Å². The first-order valence-electron chi connectivity index (χ1n) is 42.6. The molecule has 7 aliphatic heterocycles. The average Bonchev–Trinajstić information content (AvgIpc) is 1.62. The Morgan fingerprint density at radius 3 is 0.859 bits per heavy atom. The van der Waals surface area contributed by atoms with Crippen LogP contribution in [0.15, 0.2) is 97.8 Å². The SMILES string of the molecule is COP(O)(=S)O[C@@H]1C[C@H](n2cc(C)c(N)nc2=O)O[C@@H]1COP(O)(=S)O[C@@H]1C[C@H](n2cc(C)c(=O)[nH]c2=O)O[C@@H]1COP(O)(=S)O[C@@H]1C[C@H](n2cnc3c(N)ncnc32)O[C@@H]1COP(O)(=S)O[C@@H]1C[C@H](n2cc(C)c(=O)[nH]c2=O)O[C@@H]1COP(O)(=S)O[C@@H]1C[C@H](n2cc(C)c(=O)[nH]c2=O)O[C@@H]1COP(O)(=S)O[C@@H]1C[C@H](n2cc(C)c(=O)[nH]c2=O)O[C@@H]1COP(O)(=S)O[C@@H]1C[C@H](n2cc(C)c(N)nc2=O)O[C@@H]1C. The van der Waals surface area contributed by atoms with Gasteiger partial charge in [0.25, 0.3) is 22.2 Å². The van der Waals surface area contributed by atoms with Gasteiger partial charge in [-0.1, -0.05) is 0 Å². The quantitative estimate of drug-likeness (QED) is 0.0227. The van der Waals surface area contributed by atoms with Gasteiger partial charge in [-0.2, -0.15) is 9.97 Å². The van der Waals surface area contributed by atoms with Gasteiger partial charge in [0.1, 0.15) is 104 Å². The van der Waals surface area contributed by atoms with Crippen molar-refractivity contribution < 1.29 is 131 Å². The molecule has 7 saturated heterocycles. The molecule has 71 heteroatoms. The summed E-state index contributed by atoms with van der Waals surface area (Å²) in [6.07, 6.45) is -19.5. The molecule has 8 aromatic rings. The molecule has 7 aliphatic rings. The van der Waals surface area contributed by atoms with E-state index in [0.29, 0.717) is 11.1 Å². The number of nitrogen functional groups attached to an aromatic ring is 3. The molecule has 28 atom stereocenters. The number of ether oxygens (including phenoxy) is 7. The molecule has 780 valence electrons. The minimum atomic E-state index is -4.78. The van der Waals surface area contributed by atoms with E-state index in [1.807, 2.05) is 0 Å². The summed E-state index contributed by atoms with van der Waals surface area (Å²) < 4.78 is 135. The van der Waals surface area contributed by atoms with E-state index in [4.69, 9.17) is 196 Å². The van der Waals surface area contributed by atoms with Crippen molar-refractivity contribution in [3.63, 3.8) is 0 Å². The van der Waals surface area contributed by atoms with E-state index < -0.39 is 285 Å². The number of rotatable bonds is 40. The lowest BCUT2D eigenvalue weighted by Crippen LogP contribution is -2.33.